The first-order valence-corrected chi connectivity index (χ1v) is 13.9. The van der Waals surface area contributed by atoms with E-state index in [-0.39, 0.29) is 17.0 Å². The zero-order chi connectivity index (χ0) is 26.7. The van der Waals surface area contributed by atoms with E-state index in [0.29, 0.717) is 33.8 Å². The molecule has 3 heterocycles. The lowest BCUT2D eigenvalue weighted by Crippen LogP contribution is -2.48. The maximum Gasteiger partial charge on any atom is 0.270 e. The Bertz CT molecular complexity index is 1320. The van der Waals surface area contributed by atoms with Crippen LogP contribution in [0.4, 0.5) is 5.82 Å². The maximum atomic E-state index is 13.3. The maximum absolute atomic E-state index is 13.3. The normalized spacial score (nSPS) is 17.8. The Kier molecular flexibility index (Phi) is 8.53. The highest BCUT2D eigenvalue weighted by Crippen LogP contribution is 2.36. The molecule has 2 saturated heterocycles. The van der Waals surface area contributed by atoms with Crippen LogP contribution < -0.4 is 10.5 Å². The number of thiocarbonyl (C=S) groups is 1. The average molecular weight is 536 g/mol. The molecule has 4 rings (SSSR count). The average Bonchev–Trinajstić information content (AvgIpc) is 3.14. The third kappa shape index (κ3) is 5.66. The highest BCUT2D eigenvalue weighted by Gasteiger charge is 2.34. The highest BCUT2D eigenvalue weighted by atomic mass is 32.2. The van der Waals surface area contributed by atoms with Crippen LogP contribution in [0.25, 0.3) is 6.08 Å². The molecule has 0 saturated carbocycles. The monoisotopic (exact) mass is 535 g/mol. The number of aromatic nitrogens is 1. The molecule has 2 aliphatic rings. The van der Waals surface area contributed by atoms with Gasteiger partial charge in [-0.3, -0.25) is 24.0 Å². The van der Waals surface area contributed by atoms with Gasteiger partial charge in [0.1, 0.15) is 21.8 Å². The van der Waals surface area contributed by atoms with Crippen LogP contribution in [0.15, 0.2) is 40.0 Å². The minimum atomic E-state index is -0.284. The molecule has 0 spiro atoms. The summed E-state index contributed by atoms with van der Waals surface area (Å²) in [6.45, 7) is 12.9. The molecule has 37 heavy (non-hydrogen) atoms. The number of hydrogen-bond acceptors (Lipinski definition) is 7. The summed E-state index contributed by atoms with van der Waals surface area (Å²) < 4.78 is 2.22. The number of pyridine rings is 1. The van der Waals surface area contributed by atoms with Gasteiger partial charge in [-0.2, -0.15) is 5.26 Å². The minimum Gasteiger partial charge on any atom is -0.355 e. The summed E-state index contributed by atoms with van der Waals surface area (Å²) in [6.07, 6.45) is 1.84. The van der Waals surface area contributed by atoms with Crippen molar-refractivity contribution in [2.75, 3.05) is 37.6 Å². The second-order valence-electron chi connectivity index (χ2n) is 9.83. The summed E-state index contributed by atoms with van der Waals surface area (Å²) in [5.74, 6) is 0.950. The van der Waals surface area contributed by atoms with Crippen LogP contribution in [0.5, 0.6) is 0 Å². The van der Waals surface area contributed by atoms with E-state index in [1.807, 2.05) is 19.1 Å². The largest absolute Gasteiger partial charge is 0.355 e. The van der Waals surface area contributed by atoms with E-state index in [0.717, 1.165) is 44.1 Å². The number of hydrogen-bond donors (Lipinski definition) is 0. The summed E-state index contributed by atoms with van der Waals surface area (Å²) in [6, 6.07) is 12.5. The molecular formula is C28H33N5O2S2. The van der Waals surface area contributed by atoms with Crippen molar-refractivity contribution in [1.29, 1.82) is 5.26 Å². The van der Waals surface area contributed by atoms with Crippen molar-refractivity contribution >= 4 is 46.1 Å². The van der Waals surface area contributed by atoms with Crippen LogP contribution in [-0.2, 0) is 17.9 Å². The van der Waals surface area contributed by atoms with E-state index < -0.39 is 0 Å². The predicted octanol–water partition coefficient (Wildman–Crippen LogP) is 4.23. The Morgan fingerprint density at radius 1 is 1.14 bits per heavy atom. The first-order valence-electron chi connectivity index (χ1n) is 12.7. The van der Waals surface area contributed by atoms with E-state index >= 15 is 0 Å². The predicted molar refractivity (Wildman–Crippen MR) is 154 cm³/mol. The van der Waals surface area contributed by atoms with Crippen molar-refractivity contribution < 1.29 is 4.79 Å². The summed E-state index contributed by atoms with van der Waals surface area (Å²) >= 11 is 6.80. The van der Waals surface area contributed by atoms with Gasteiger partial charge in [-0.15, -0.1) is 0 Å². The number of piperazine rings is 1. The summed E-state index contributed by atoms with van der Waals surface area (Å²) in [5.41, 5.74) is 2.47. The number of nitrogens with zero attached hydrogens (tertiary/aromatic N) is 5. The molecule has 194 valence electrons. The van der Waals surface area contributed by atoms with Gasteiger partial charge >= 0.3 is 0 Å². The van der Waals surface area contributed by atoms with E-state index in [9.17, 15) is 14.9 Å². The number of thioether (sulfide) groups is 1. The van der Waals surface area contributed by atoms with Crippen molar-refractivity contribution in [3.63, 3.8) is 0 Å². The summed E-state index contributed by atoms with van der Waals surface area (Å²) in [7, 11) is 0. The van der Waals surface area contributed by atoms with Crippen molar-refractivity contribution in [2.45, 2.75) is 40.8 Å². The van der Waals surface area contributed by atoms with Gasteiger partial charge in [0, 0.05) is 51.4 Å². The molecule has 0 unspecified atom stereocenters. The van der Waals surface area contributed by atoms with Gasteiger partial charge < -0.3 is 4.90 Å². The molecular weight excluding hydrogens is 502 g/mol. The zero-order valence-electron chi connectivity index (χ0n) is 21.9. The van der Waals surface area contributed by atoms with E-state index in [1.165, 1.54) is 17.3 Å². The highest BCUT2D eigenvalue weighted by molar-refractivity contribution is 8.26. The minimum absolute atomic E-state index is 0.116. The van der Waals surface area contributed by atoms with Crippen LogP contribution in [0.3, 0.4) is 0 Å². The number of rotatable bonds is 7. The number of nitriles is 1. The molecule has 1 aromatic carbocycles. The molecule has 2 aliphatic heterocycles. The first kappa shape index (κ1) is 27.1. The number of carbonyl (C=O) groups is 1. The molecule has 1 aromatic heterocycles. The fourth-order valence-corrected chi connectivity index (χ4v) is 6.15. The summed E-state index contributed by atoms with van der Waals surface area (Å²) in [4.78, 5) is 33.3. The van der Waals surface area contributed by atoms with Crippen LogP contribution in [0.1, 0.15) is 43.0 Å². The third-order valence-electron chi connectivity index (χ3n) is 6.78. The molecule has 0 radical (unpaired) electrons. The fraction of sp³-hybridized carbons (Fsp3) is 0.429. The van der Waals surface area contributed by atoms with Gasteiger partial charge in [0.05, 0.1) is 4.91 Å². The summed E-state index contributed by atoms with van der Waals surface area (Å²) in [5, 5.41) is 9.81. The second-order valence-corrected chi connectivity index (χ2v) is 11.5. The molecule has 7 nitrogen and oxygen atoms in total. The molecule has 0 atom stereocenters. The Balaban J connectivity index is 1.71. The van der Waals surface area contributed by atoms with Crippen molar-refractivity contribution in [3.8, 4) is 6.07 Å². The van der Waals surface area contributed by atoms with Crippen molar-refractivity contribution in [3.05, 3.63) is 67.8 Å². The van der Waals surface area contributed by atoms with E-state index in [1.54, 1.807) is 16.4 Å². The lowest BCUT2D eigenvalue weighted by Gasteiger charge is -2.38. The fourth-order valence-electron chi connectivity index (χ4n) is 4.89. The molecule has 2 fully saturated rings. The standard InChI is InChI=1S/C28H33N5O2S2/c1-5-32-25(31-13-11-30(12-14-31)18-21-9-7-6-8-10-21)22(20(4)23(16-29)26(32)34)15-24-27(35)33(17-19(2)3)28(36)37-24/h6-10,15,19H,5,11-14,17-18H2,1-4H3/b24-15+. The Labute approximate surface area is 228 Å². The van der Waals surface area contributed by atoms with Gasteiger partial charge in [-0.25, -0.2) is 0 Å². The molecule has 1 amide bonds. The van der Waals surface area contributed by atoms with Gasteiger partial charge in [-0.1, -0.05) is 68.2 Å². The van der Waals surface area contributed by atoms with Crippen LogP contribution in [0.2, 0.25) is 0 Å². The molecule has 0 N–H and O–H groups in total. The Morgan fingerprint density at radius 2 is 1.81 bits per heavy atom. The van der Waals surface area contributed by atoms with Crippen molar-refractivity contribution in [2.24, 2.45) is 5.92 Å². The molecule has 9 heteroatoms. The van der Waals surface area contributed by atoms with Crippen molar-refractivity contribution in [1.82, 2.24) is 14.4 Å². The van der Waals surface area contributed by atoms with Crippen LogP contribution in [-0.4, -0.2) is 57.3 Å². The Hall–Kier alpha value is -2.93. The topological polar surface area (TPSA) is 72.6 Å². The quantitative estimate of drug-likeness (QED) is 0.388. The number of carbonyl (C=O) groups excluding carboxylic acids is 1. The van der Waals surface area contributed by atoms with Gasteiger partial charge in [0.15, 0.2) is 0 Å². The van der Waals surface area contributed by atoms with Crippen LogP contribution >= 0.6 is 24.0 Å². The van der Waals surface area contributed by atoms with Gasteiger partial charge in [-0.05, 0) is 37.0 Å². The lowest BCUT2D eigenvalue weighted by molar-refractivity contribution is -0.122. The molecule has 0 bridgehead atoms. The second kappa shape index (κ2) is 11.6. The smallest absolute Gasteiger partial charge is 0.270 e. The zero-order valence-corrected chi connectivity index (χ0v) is 23.5. The molecule has 2 aromatic rings. The van der Waals surface area contributed by atoms with E-state index in [4.69, 9.17) is 12.2 Å². The number of amides is 1. The Morgan fingerprint density at radius 3 is 2.41 bits per heavy atom. The van der Waals surface area contributed by atoms with Gasteiger partial charge in [0.2, 0.25) is 0 Å². The van der Waals surface area contributed by atoms with E-state index in [2.05, 4.69) is 54.0 Å². The number of anilines is 1. The SMILES string of the molecule is CCn1c(N2CCN(Cc3ccccc3)CC2)c(/C=C2/SC(=S)N(CC(C)C)C2=O)c(C)c(C#N)c1=O. The van der Waals surface area contributed by atoms with Gasteiger partial charge in [0.25, 0.3) is 11.5 Å². The third-order valence-corrected chi connectivity index (χ3v) is 8.16. The molecule has 0 aliphatic carbocycles. The first-order chi connectivity index (χ1) is 17.7. The lowest BCUT2D eigenvalue weighted by atomic mass is 10.0. The number of benzene rings is 1. The van der Waals surface area contributed by atoms with Crippen LogP contribution in [0, 0.1) is 24.2 Å².